The average molecular weight is 237 g/mol. The fourth-order valence-corrected chi connectivity index (χ4v) is 1.78. The summed E-state index contributed by atoms with van der Waals surface area (Å²) in [6.45, 7) is 5.33. The van der Waals surface area contributed by atoms with E-state index in [1.807, 2.05) is 19.1 Å². The van der Waals surface area contributed by atoms with E-state index in [0.717, 1.165) is 18.6 Å². The number of methoxy groups -OCH3 is 1. The van der Waals surface area contributed by atoms with Gasteiger partial charge >= 0.3 is 0 Å². The highest BCUT2D eigenvalue weighted by molar-refractivity contribution is 5.27. The van der Waals surface area contributed by atoms with E-state index in [1.54, 1.807) is 7.11 Å². The van der Waals surface area contributed by atoms with Crippen LogP contribution in [0.25, 0.3) is 0 Å². The number of ether oxygens (including phenoxy) is 2. The van der Waals surface area contributed by atoms with Crippen molar-refractivity contribution in [3.05, 3.63) is 29.8 Å². The molecule has 0 bridgehead atoms. The van der Waals surface area contributed by atoms with E-state index in [1.165, 1.54) is 5.56 Å². The van der Waals surface area contributed by atoms with E-state index in [4.69, 9.17) is 15.2 Å². The molecule has 3 heteroatoms. The molecule has 1 rings (SSSR count). The van der Waals surface area contributed by atoms with Crippen molar-refractivity contribution in [1.82, 2.24) is 0 Å². The summed E-state index contributed by atoms with van der Waals surface area (Å²) in [7, 11) is 1.68. The summed E-state index contributed by atoms with van der Waals surface area (Å²) in [5.41, 5.74) is 6.83. The third-order valence-electron chi connectivity index (χ3n) is 3.03. The molecular weight excluding hydrogens is 214 g/mol. The summed E-state index contributed by atoms with van der Waals surface area (Å²) < 4.78 is 10.8. The van der Waals surface area contributed by atoms with E-state index in [9.17, 15) is 0 Å². The smallest absolute Gasteiger partial charge is 0.118 e. The Morgan fingerprint density at radius 3 is 2.35 bits per heavy atom. The fourth-order valence-electron chi connectivity index (χ4n) is 1.78. The normalized spacial score (nSPS) is 14.4. The second-order valence-corrected chi connectivity index (χ2v) is 4.44. The van der Waals surface area contributed by atoms with Crippen molar-refractivity contribution in [1.29, 1.82) is 0 Å². The number of benzene rings is 1. The Balaban J connectivity index is 2.53. The first-order valence-electron chi connectivity index (χ1n) is 6.10. The van der Waals surface area contributed by atoms with E-state index in [0.29, 0.717) is 13.2 Å². The van der Waals surface area contributed by atoms with Gasteiger partial charge in [-0.1, -0.05) is 12.1 Å². The van der Waals surface area contributed by atoms with Crippen LogP contribution in [0, 0.1) is 0 Å². The zero-order valence-corrected chi connectivity index (χ0v) is 11.0. The Labute approximate surface area is 104 Å². The third kappa shape index (κ3) is 4.36. The predicted molar refractivity (Wildman–Crippen MR) is 70.4 cm³/mol. The second kappa shape index (κ2) is 6.62. The van der Waals surface area contributed by atoms with Crippen molar-refractivity contribution in [3.8, 4) is 5.75 Å². The fraction of sp³-hybridized carbons (Fsp3) is 0.571. The maximum Gasteiger partial charge on any atom is 0.118 e. The minimum Gasteiger partial charge on any atom is -0.497 e. The van der Waals surface area contributed by atoms with Gasteiger partial charge in [-0.15, -0.1) is 0 Å². The molecule has 0 aliphatic heterocycles. The summed E-state index contributed by atoms with van der Waals surface area (Å²) in [5, 5.41) is 0. The second-order valence-electron chi connectivity index (χ2n) is 4.44. The highest BCUT2D eigenvalue weighted by Gasteiger charge is 2.22. The van der Waals surface area contributed by atoms with Crippen LogP contribution in [-0.4, -0.2) is 25.9 Å². The molecule has 0 amide bonds. The molecule has 1 atom stereocenters. The molecule has 0 spiro atoms. The summed E-state index contributed by atoms with van der Waals surface area (Å²) in [6, 6.07) is 8.13. The van der Waals surface area contributed by atoms with Crippen LogP contribution >= 0.6 is 0 Å². The highest BCUT2D eigenvalue weighted by atomic mass is 16.5. The van der Waals surface area contributed by atoms with Gasteiger partial charge in [0.05, 0.1) is 12.7 Å². The Bertz CT molecular complexity index is 323. The number of hydrogen-bond donors (Lipinski definition) is 1. The summed E-state index contributed by atoms with van der Waals surface area (Å²) in [4.78, 5) is 0. The molecule has 0 heterocycles. The van der Waals surface area contributed by atoms with Crippen molar-refractivity contribution >= 4 is 0 Å². The molecule has 0 saturated carbocycles. The van der Waals surface area contributed by atoms with E-state index in [-0.39, 0.29) is 5.60 Å². The monoisotopic (exact) mass is 237 g/mol. The summed E-state index contributed by atoms with van der Waals surface area (Å²) in [6.07, 6.45) is 1.90. The molecule has 3 nitrogen and oxygen atoms in total. The van der Waals surface area contributed by atoms with E-state index >= 15 is 0 Å². The topological polar surface area (TPSA) is 44.5 Å². The summed E-state index contributed by atoms with van der Waals surface area (Å²) in [5.74, 6) is 0.889. The van der Waals surface area contributed by atoms with Crippen molar-refractivity contribution in [3.63, 3.8) is 0 Å². The van der Waals surface area contributed by atoms with Gasteiger partial charge in [0.1, 0.15) is 5.75 Å². The van der Waals surface area contributed by atoms with Gasteiger partial charge < -0.3 is 15.2 Å². The molecule has 0 saturated heterocycles. The van der Waals surface area contributed by atoms with E-state index < -0.39 is 0 Å². The van der Waals surface area contributed by atoms with Crippen molar-refractivity contribution < 1.29 is 9.47 Å². The van der Waals surface area contributed by atoms with Crippen molar-refractivity contribution in [2.75, 3.05) is 20.3 Å². The molecular formula is C14H23NO2. The van der Waals surface area contributed by atoms with Crippen molar-refractivity contribution in [2.45, 2.75) is 32.3 Å². The lowest BCUT2D eigenvalue weighted by molar-refractivity contribution is -0.0234. The quantitative estimate of drug-likeness (QED) is 0.792. The lowest BCUT2D eigenvalue weighted by Crippen LogP contribution is -2.38. The highest BCUT2D eigenvalue weighted by Crippen LogP contribution is 2.19. The lowest BCUT2D eigenvalue weighted by atomic mass is 9.96. The van der Waals surface area contributed by atoms with Crippen LogP contribution in [0.15, 0.2) is 24.3 Å². The van der Waals surface area contributed by atoms with Gasteiger partial charge in [-0.05, 0) is 44.4 Å². The van der Waals surface area contributed by atoms with Gasteiger partial charge in [0.2, 0.25) is 0 Å². The summed E-state index contributed by atoms with van der Waals surface area (Å²) >= 11 is 0. The van der Waals surface area contributed by atoms with Crippen LogP contribution in [-0.2, 0) is 11.2 Å². The zero-order valence-electron chi connectivity index (χ0n) is 11.0. The van der Waals surface area contributed by atoms with Gasteiger partial charge in [0.25, 0.3) is 0 Å². The molecule has 1 aromatic carbocycles. The largest absolute Gasteiger partial charge is 0.497 e. The molecule has 17 heavy (non-hydrogen) atoms. The number of nitrogens with two attached hydrogens (primary N) is 1. The van der Waals surface area contributed by atoms with Gasteiger partial charge in [0, 0.05) is 13.2 Å². The van der Waals surface area contributed by atoms with Crippen LogP contribution in [0.5, 0.6) is 5.75 Å². The van der Waals surface area contributed by atoms with Gasteiger partial charge in [0.15, 0.2) is 0 Å². The number of aryl methyl sites for hydroxylation is 1. The first kappa shape index (κ1) is 14.0. The molecule has 1 aromatic rings. The van der Waals surface area contributed by atoms with Gasteiger partial charge in [-0.2, -0.15) is 0 Å². The Morgan fingerprint density at radius 2 is 1.88 bits per heavy atom. The van der Waals surface area contributed by atoms with Crippen LogP contribution < -0.4 is 10.5 Å². The molecule has 0 aliphatic carbocycles. The van der Waals surface area contributed by atoms with Crippen LogP contribution in [0.3, 0.4) is 0 Å². The predicted octanol–water partition coefficient (Wildman–Crippen LogP) is 2.38. The Kier molecular flexibility index (Phi) is 5.45. The Hall–Kier alpha value is -1.06. The maximum absolute atomic E-state index is 5.76. The number of rotatable bonds is 7. The molecule has 96 valence electrons. The van der Waals surface area contributed by atoms with Crippen LogP contribution in [0.2, 0.25) is 0 Å². The first-order valence-corrected chi connectivity index (χ1v) is 6.10. The third-order valence-corrected chi connectivity index (χ3v) is 3.03. The average Bonchev–Trinajstić information content (AvgIpc) is 2.37. The minimum absolute atomic E-state index is 0.214. The molecule has 0 aromatic heterocycles. The molecule has 1 unspecified atom stereocenters. The Morgan fingerprint density at radius 1 is 1.24 bits per heavy atom. The molecule has 2 N–H and O–H groups in total. The van der Waals surface area contributed by atoms with Crippen molar-refractivity contribution in [2.24, 2.45) is 5.73 Å². The minimum atomic E-state index is -0.214. The first-order chi connectivity index (χ1) is 8.13. The number of hydrogen-bond acceptors (Lipinski definition) is 3. The van der Waals surface area contributed by atoms with Crippen LogP contribution in [0.4, 0.5) is 0 Å². The van der Waals surface area contributed by atoms with E-state index in [2.05, 4.69) is 19.1 Å². The molecule has 0 aliphatic rings. The SMILES string of the molecule is CCOC(C)(CN)CCc1ccc(OC)cc1. The van der Waals surface area contributed by atoms with Crippen LogP contribution in [0.1, 0.15) is 25.8 Å². The molecule has 0 fully saturated rings. The van der Waals surface area contributed by atoms with Gasteiger partial charge in [-0.25, -0.2) is 0 Å². The van der Waals surface area contributed by atoms with Gasteiger partial charge in [-0.3, -0.25) is 0 Å². The maximum atomic E-state index is 5.76. The zero-order chi connectivity index (χ0) is 12.7. The standard InChI is InChI=1S/C14H23NO2/c1-4-17-14(2,11-15)10-9-12-5-7-13(16-3)8-6-12/h5-8H,4,9-11,15H2,1-3H3. The lowest BCUT2D eigenvalue weighted by Gasteiger charge is -2.27. The molecule has 0 radical (unpaired) electrons.